The number of carboxylic acid groups (broad SMARTS) is 1. The Morgan fingerprint density at radius 1 is 0.750 bits per heavy atom. The zero-order chi connectivity index (χ0) is 18.0. The zero-order valence-corrected chi connectivity index (χ0v) is 15.9. The lowest BCUT2D eigenvalue weighted by atomic mass is 10.0. The van der Waals surface area contributed by atoms with Gasteiger partial charge in [0.15, 0.2) is 0 Å². The molecule has 0 aromatic carbocycles. The predicted molar refractivity (Wildman–Crippen MR) is 100 cm³/mol. The summed E-state index contributed by atoms with van der Waals surface area (Å²) in [4.78, 5) is 22.5. The van der Waals surface area contributed by atoms with Crippen molar-refractivity contribution in [2.45, 2.75) is 116 Å². The van der Waals surface area contributed by atoms with Crippen molar-refractivity contribution in [1.82, 2.24) is 5.32 Å². The molecule has 142 valence electrons. The van der Waals surface area contributed by atoms with Crippen LogP contribution in [0.3, 0.4) is 0 Å². The molecule has 4 nitrogen and oxygen atoms in total. The number of hydrogen-bond donors (Lipinski definition) is 2. The summed E-state index contributed by atoms with van der Waals surface area (Å²) in [5, 5.41) is 11.5. The monoisotopic (exact) mass is 341 g/mol. The van der Waals surface area contributed by atoms with Gasteiger partial charge in [0.25, 0.3) is 0 Å². The van der Waals surface area contributed by atoms with Gasteiger partial charge in [0.05, 0.1) is 0 Å². The Morgan fingerprint density at radius 2 is 1.17 bits per heavy atom. The van der Waals surface area contributed by atoms with E-state index >= 15 is 0 Å². The highest BCUT2D eigenvalue weighted by molar-refractivity contribution is 5.83. The smallest absolute Gasteiger partial charge is 0.326 e. The van der Waals surface area contributed by atoms with Crippen molar-refractivity contribution in [1.29, 1.82) is 0 Å². The topological polar surface area (TPSA) is 66.4 Å². The van der Waals surface area contributed by atoms with Gasteiger partial charge >= 0.3 is 5.97 Å². The van der Waals surface area contributed by atoms with Crippen molar-refractivity contribution in [3.63, 3.8) is 0 Å². The van der Waals surface area contributed by atoms with Crippen LogP contribution in [-0.2, 0) is 9.59 Å². The maximum Gasteiger partial charge on any atom is 0.326 e. The number of carbonyl (C=O) groups is 2. The third-order valence-corrected chi connectivity index (χ3v) is 4.55. The highest BCUT2D eigenvalue weighted by Gasteiger charge is 2.16. The van der Waals surface area contributed by atoms with Crippen molar-refractivity contribution in [2.75, 3.05) is 0 Å². The van der Waals surface area contributed by atoms with Crippen LogP contribution in [0.2, 0.25) is 0 Å². The van der Waals surface area contributed by atoms with Gasteiger partial charge in [-0.05, 0) is 12.8 Å². The molecule has 24 heavy (non-hydrogen) atoms. The van der Waals surface area contributed by atoms with Gasteiger partial charge in [-0.3, -0.25) is 4.79 Å². The Balaban J connectivity index is 3.30. The fourth-order valence-electron chi connectivity index (χ4n) is 2.91. The number of amides is 1. The number of aliphatic carboxylic acids is 1. The molecule has 0 fully saturated rings. The molecule has 0 aromatic heterocycles. The number of carbonyl (C=O) groups excluding carboxylic acids is 1. The molecule has 0 spiro atoms. The summed E-state index contributed by atoms with van der Waals surface area (Å²) >= 11 is 0. The SMILES string of the molecule is CCCCCCCCCCCCCCCC(=O)N[C@@H](CC)C(=O)O. The fourth-order valence-corrected chi connectivity index (χ4v) is 2.91. The quantitative estimate of drug-likeness (QED) is 0.346. The van der Waals surface area contributed by atoms with E-state index in [1.165, 1.54) is 70.6 Å². The van der Waals surface area contributed by atoms with Crippen LogP contribution < -0.4 is 5.32 Å². The number of unbranched alkanes of at least 4 members (excludes halogenated alkanes) is 12. The number of nitrogens with one attached hydrogen (secondary N) is 1. The lowest BCUT2D eigenvalue weighted by Gasteiger charge is -2.11. The number of carboxylic acids is 1. The van der Waals surface area contributed by atoms with Crippen LogP contribution in [0.25, 0.3) is 0 Å². The molecule has 2 N–H and O–H groups in total. The standard InChI is InChI=1S/C20H39NO3/c1-3-5-6-7-8-9-10-11-12-13-14-15-16-17-19(22)21-18(4-2)20(23)24/h18H,3-17H2,1-2H3,(H,21,22)(H,23,24)/t18-/m0/s1. The normalized spacial score (nSPS) is 12.1. The van der Waals surface area contributed by atoms with E-state index < -0.39 is 12.0 Å². The lowest BCUT2D eigenvalue weighted by Crippen LogP contribution is -2.40. The average molecular weight is 342 g/mol. The lowest BCUT2D eigenvalue weighted by molar-refractivity contribution is -0.141. The molecule has 0 radical (unpaired) electrons. The van der Waals surface area contributed by atoms with Gasteiger partial charge in [0.1, 0.15) is 6.04 Å². The zero-order valence-electron chi connectivity index (χ0n) is 15.9. The van der Waals surface area contributed by atoms with Gasteiger partial charge in [-0.25, -0.2) is 4.79 Å². The number of rotatable bonds is 17. The minimum Gasteiger partial charge on any atom is -0.480 e. The third kappa shape index (κ3) is 14.5. The summed E-state index contributed by atoms with van der Waals surface area (Å²) in [6.45, 7) is 4.02. The van der Waals surface area contributed by atoms with Crippen LogP contribution in [0.4, 0.5) is 0 Å². The summed E-state index contributed by atoms with van der Waals surface area (Å²) in [6.07, 6.45) is 17.5. The fraction of sp³-hybridized carbons (Fsp3) is 0.900. The van der Waals surface area contributed by atoms with Gasteiger partial charge in [0, 0.05) is 6.42 Å². The average Bonchev–Trinajstić information content (AvgIpc) is 2.56. The largest absolute Gasteiger partial charge is 0.480 e. The van der Waals surface area contributed by atoms with Crippen LogP contribution in [0.1, 0.15) is 110 Å². The Kier molecular flexibility index (Phi) is 16.0. The Hall–Kier alpha value is -1.06. The molecule has 0 heterocycles. The molecular weight excluding hydrogens is 302 g/mol. The highest BCUT2D eigenvalue weighted by atomic mass is 16.4. The number of hydrogen-bond acceptors (Lipinski definition) is 2. The van der Waals surface area contributed by atoms with Crippen molar-refractivity contribution in [3.8, 4) is 0 Å². The van der Waals surface area contributed by atoms with Crippen LogP contribution in [-0.4, -0.2) is 23.0 Å². The van der Waals surface area contributed by atoms with E-state index in [1.54, 1.807) is 6.92 Å². The van der Waals surface area contributed by atoms with Gasteiger partial charge < -0.3 is 10.4 Å². The minimum absolute atomic E-state index is 0.132. The van der Waals surface area contributed by atoms with Crippen molar-refractivity contribution >= 4 is 11.9 Å². The first kappa shape index (κ1) is 22.9. The van der Waals surface area contributed by atoms with E-state index in [4.69, 9.17) is 5.11 Å². The second-order valence-electron chi connectivity index (χ2n) is 6.86. The first-order valence-electron chi connectivity index (χ1n) is 10.1. The second kappa shape index (κ2) is 16.8. The molecule has 4 heteroatoms. The molecule has 1 atom stereocenters. The molecule has 0 aliphatic carbocycles. The first-order chi connectivity index (χ1) is 11.6. The van der Waals surface area contributed by atoms with Crippen LogP contribution >= 0.6 is 0 Å². The van der Waals surface area contributed by atoms with E-state index in [1.807, 2.05) is 0 Å². The molecule has 0 rings (SSSR count). The van der Waals surface area contributed by atoms with Gasteiger partial charge in [0.2, 0.25) is 5.91 Å². The van der Waals surface area contributed by atoms with E-state index in [9.17, 15) is 9.59 Å². The van der Waals surface area contributed by atoms with Crippen LogP contribution in [0, 0.1) is 0 Å². The van der Waals surface area contributed by atoms with E-state index in [0.29, 0.717) is 12.8 Å². The summed E-state index contributed by atoms with van der Waals surface area (Å²) < 4.78 is 0. The molecular formula is C20H39NO3. The Morgan fingerprint density at radius 3 is 1.54 bits per heavy atom. The van der Waals surface area contributed by atoms with Crippen molar-refractivity contribution in [2.24, 2.45) is 0 Å². The second-order valence-corrected chi connectivity index (χ2v) is 6.86. The molecule has 0 unspecified atom stereocenters. The summed E-state index contributed by atoms with van der Waals surface area (Å²) in [6, 6.07) is -0.737. The molecule has 1 amide bonds. The van der Waals surface area contributed by atoms with E-state index in [-0.39, 0.29) is 5.91 Å². The molecule has 0 aliphatic rings. The molecule has 0 saturated heterocycles. The summed E-state index contributed by atoms with van der Waals surface area (Å²) in [7, 11) is 0. The van der Waals surface area contributed by atoms with Crippen molar-refractivity contribution < 1.29 is 14.7 Å². The Bertz CT molecular complexity index is 318. The molecule has 0 aromatic rings. The molecule has 0 aliphatic heterocycles. The van der Waals surface area contributed by atoms with Gasteiger partial charge in [-0.1, -0.05) is 90.9 Å². The van der Waals surface area contributed by atoms with Gasteiger partial charge in [-0.2, -0.15) is 0 Å². The minimum atomic E-state index is -0.948. The predicted octanol–water partition coefficient (Wildman–Crippen LogP) is 5.45. The van der Waals surface area contributed by atoms with Gasteiger partial charge in [-0.15, -0.1) is 0 Å². The van der Waals surface area contributed by atoms with Crippen molar-refractivity contribution in [3.05, 3.63) is 0 Å². The summed E-state index contributed by atoms with van der Waals surface area (Å²) in [5.41, 5.74) is 0. The first-order valence-corrected chi connectivity index (χ1v) is 10.1. The highest BCUT2D eigenvalue weighted by Crippen LogP contribution is 2.12. The maximum atomic E-state index is 11.6. The van der Waals surface area contributed by atoms with E-state index in [0.717, 1.165) is 12.8 Å². The van der Waals surface area contributed by atoms with Crippen LogP contribution in [0.15, 0.2) is 0 Å². The summed E-state index contributed by atoms with van der Waals surface area (Å²) in [5.74, 6) is -1.08. The van der Waals surface area contributed by atoms with Crippen LogP contribution in [0.5, 0.6) is 0 Å². The Labute approximate surface area is 148 Å². The third-order valence-electron chi connectivity index (χ3n) is 4.55. The maximum absolute atomic E-state index is 11.6. The molecule has 0 bridgehead atoms. The molecule has 0 saturated carbocycles. The van der Waals surface area contributed by atoms with E-state index in [2.05, 4.69) is 12.2 Å².